The summed E-state index contributed by atoms with van der Waals surface area (Å²) in [7, 11) is 0. The highest BCUT2D eigenvalue weighted by Gasteiger charge is 2.39. The van der Waals surface area contributed by atoms with E-state index in [1.807, 2.05) is 13.8 Å². The van der Waals surface area contributed by atoms with Gasteiger partial charge in [0.25, 0.3) is 0 Å². The van der Waals surface area contributed by atoms with Crippen LogP contribution in [0.3, 0.4) is 0 Å². The smallest absolute Gasteiger partial charge is 0.430 e. The second kappa shape index (κ2) is 5.48. The average Bonchev–Trinajstić information content (AvgIpc) is 2.90. The molecule has 8 nitrogen and oxygen atoms in total. The van der Waals surface area contributed by atoms with Gasteiger partial charge in [-0.3, -0.25) is 9.59 Å². The van der Waals surface area contributed by atoms with Crippen LogP contribution in [0.25, 0.3) is 0 Å². The van der Waals surface area contributed by atoms with Gasteiger partial charge in [-0.15, -0.1) is 0 Å². The molecule has 2 aliphatic heterocycles. The summed E-state index contributed by atoms with van der Waals surface area (Å²) < 4.78 is 14.1. The molecule has 0 bridgehead atoms. The van der Waals surface area contributed by atoms with E-state index in [1.165, 1.54) is 0 Å². The largest absolute Gasteiger partial charge is 0.434 e. The van der Waals surface area contributed by atoms with Gasteiger partial charge in [-0.2, -0.15) is 9.15 Å². The fourth-order valence-corrected chi connectivity index (χ4v) is 2.43. The van der Waals surface area contributed by atoms with Crippen molar-refractivity contribution in [1.82, 2.24) is 0 Å². The Morgan fingerprint density at radius 2 is 1.35 bits per heavy atom. The summed E-state index contributed by atoms with van der Waals surface area (Å²) in [4.78, 5) is 22.6. The van der Waals surface area contributed by atoms with Crippen LogP contribution in [0.5, 0.6) is 0 Å². The molecule has 0 saturated carbocycles. The van der Waals surface area contributed by atoms with Crippen molar-refractivity contribution in [1.29, 1.82) is 0 Å². The predicted octanol–water partition coefficient (Wildman–Crippen LogP) is -2.38. The Morgan fingerprint density at radius 1 is 1.00 bits per heavy atom. The summed E-state index contributed by atoms with van der Waals surface area (Å²) in [6, 6.07) is 0.127. The highest BCUT2D eigenvalue weighted by molar-refractivity contribution is 6.33. The zero-order chi connectivity index (χ0) is 14.9. The first kappa shape index (κ1) is 14.3. The Bertz CT molecular complexity index is 466. The van der Waals surface area contributed by atoms with Crippen LogP contribution in [0.4, 0.5) is 0 Å². The van der Waals surface area contributed by atoms with Crippen LogP contribution in [0.15, 0.2) is 0 Å². The second-order valence-corrected chi connectivity index (χ2v) is 5.05. The van der Waals surface area contributed by atoms with Crippen LogP contribution < -0.4 is 11.5 Å². The Labute approximate surface area is 116 Å². The van der Waals surface area contributed by atoms with Crippen LogP contribution in [-0.4, -0.2) is 71.1 Å². The monoisotopic (exact) mass is 284 g/mol. The Morgan fingerprint density at radius 3 is 1.65 bits per heavy atom. The summed E-state index contributed by atoms with van der Waals surface area (Å²) in [5, 5.41) is 0. The Kier molecular flexibility index (Phi) is 3.91. The van der Waals surface area contributed by atoms with Crippen molar-refractivity contribution in [2.24, 2.45) is 11.5 Å². The first-order valence-corrected chi connectivity index (χ1v) is 6.54. The third-order valence-corrected chi connectivity index (χ3v) is 3.51. The molecule has 0 aromatic rings. The van der Waals surface area contributed by atoms with Gasteiger partial charge in [-0.1, -0.05) is 0 Å². The van der Waals surface area contributed by atoms with Crippen molar-refractivity contribution in [2.45, 2.75) is 25.9 Å². The lowest BCUT2D eigenvalue weighted by molar-refractivity contribution is -0.619. The normalized spacial score (nSPS) is 25.7. The first-order valence-electron chi connectivity index (χ1n) is 6.54. The molecule has 2 heterocycles. The van der Waals surface area contributed by atoms with E-state index in [4.69, 9.17) is 20.9 Å². The number of rotatable bonds is 5. The van der Waals surface area contributed by atoms with E-state index in [-0.39, 0.29) is 23.9 Å². The molecule has 0 aromatic carbocycles. The molecule has 4 N–H and O–H groups in total. The summed E-state index contributed by atoms with van der Waals surface area (Å²) >= 11 is 0. The minimum absolute atomic E-state index is 0.0633. The Hall–Kier alpha value is -2.12. The number of carbonyl (C=O) groups is 2. The molecule has 2 rings (SSSR count). The van der Waals surface area contributed by atoms with E-state index in [1.54, 1.807) is 9.15 Å². The van der Waals surface area contributed by atoms with E-state index < -0.39 is 11.8 Å². The van der Waals surface area contributed by atoms with Crippen LogP contribution in [0.1, 0.15) is 13.8 Å². The summed E-state index contributed by atoms with van der Waals surface area (Å²) in [5.41, 5.74) is 10.6. The van der Waals surface area contributed by atoms with Gasteiger partial charge in [0.05, 0.1) is 0 Å². The molecule has 8 heteroatoms. The van der Waals surface area contributed by atoms with E-state index >= 15 is 0 Å². The van der Waals surface area contributed by atoms with Gasteiger partial charge < -0.3 is 20.9 Å². The van der Waals surface area contributed by atoms with Gasteiger partial charge in [-0.05, 0) is 0 Å². The Balaban J connectivity index is 2.15. The second-order valence-electron chi connectivity index (χ2n) is 5.05. The van der Waals surface area contributed by atoms with E-state index in [2.05, 4.69) is 0 Å². The minimum atomic E-state index is -0.584. The van der Waals surface area contributed by atoms with Crippen molar-refractivity contribution >= 4 is 23.6 Å². The van der Waals surface area contributed by atoms with Crippen LogP contribution in [0, 0.1) is 0 Å². The van der Waals surface area contributed by atoms with Gasteiger partial charge in [0.15, 0.2) is 25.3 Å². The highest BCUT2D eigenvalue weighted by Crippen LogP contribution is 2.07. The van der Waals surface area contributed by atoms with Crippen molar-refractivity contribution in [2.75, 3.05) is 26.3 Å². The summed E-state index contributed by atoms with van der Waals surface area (Å²) in [6.07, 6.45) is 0. The number of nitrogens with two attached hydrogens (primary N) is 2. The van der Waals surface area contributed by atoms with E-state index in [0.29, 0.717) is 26.3 Å². The van der Waals surface area contributed by atoms with Crippen molar-refractivity contribution in [3.63, 3.8) is 0 Å². The van der Waals surface area contributed by atoms with Crippen LogP contribution in [0.2, 0.25) is 0 Å². The number of nitrogens with zero attached hydrogens (tertiary/aromatic N) is 2. The zero-order valence-corrected chi connectivity index (χ0v) is 11.7. The van der Waals surface area contributed by atoms with Crippen molar-refractivity contribution < 1.29 is 28.2 Å². The number of carbonyl (C=O) groups excluding carboxylic acids is 2. The van der Waals surface area contributed by atoms with Gasteiger partial charge in [0, 0.05) is 13.8 Å². The fraction of sp³-hybridized carbons (Fsp3) is 0.667. The first-order chi connectivity index (χ1) is 9.41. The molecular weight excluding hydrogens is 264 g/mol. The molecular formula is C12H20N4O4+2. The van der Waals surface area contributed by atoms with E-state index in [9.17, 15) is 9.59 Å². The topological polar surface area (TPSA) is 111 Å². The third-order valence-electron chi connectivity index (χ3n) is 3.51. The van der Waals surface area contributed by atoms with Gasteiger partial charge in [0.1, 0.15) is 0 Å². The maximum Gasteiger partial charge on any atom is 0.430 e. The molecule has 0 spiro atoms. The molecule has 2 atom stereocenters. The standard InChI is InChI=1S/C12H18N4O4/c1-7-5-19-11(9(13)17)15(7)3-4-16-8(2)6-20-12(16)10(14)18/h7-8H,3-6H2,1-2H3,(H2-2,13,14,17,18)/p+2. The highest BCUT2D eigenvalue weighted by atomic mass is 16.5. The van der Waals surface area contributed by atoms with Crippen molar-refractivity contribution in [3.05, 3.63) is 0 Å². The molecule has 0 aliphatic carbocycles. The molecule has 0 radical (unpaired) electrons. The van der Waals surface area contributed by atoms with E-state index in [0.717, 1.165) is 0 Å². The zero-order valence-electron chi connectivity index (χ0n) is 11.7. The molecule has 110 valence electrons. The van der Waals surface area contributed by atoms with Gasteiger partial charge >= 0.3 is 23.6 Å². The lowest BCUT2D eigenvalue weighted by atomic mass is 10.3. The van der Waals surface area contributed by atoms with Crippen molar-refractivity contribution in [3.8, 4) is 0 Å². The average molecular weight is 284 g/mol. The van der Waals surface area contributed by atoms with Crippen LogP contribution in [-0.2, 0) is 19.1 Å². The number of hydrogen-bond acceptors (Lipinski definition) is 4. The predicted molar refractivity (Wildman–Crippen MR) is 69.5 cm³/mol. The summed E-state index contributed by atoms with van der Waals surface area (Å²) in [6.45, 7) is 5.75. The maximum absolute atomic E-state index is 11.3. The minimum Gasteiger partial charge on any atom is -0.434 e. The number of amides is 2. The maximum atomic E-state index is 11.3. The number of hydrogen-bond donors (Lipinski definition) is 2. The summed E-state index contributed by atoms with van der Waals surface area (Å²) in [5.74, 6) is -0.824. The SMILES string of the molecule is CC1COC(C(N)=O)=[N+]1CC[N+]1=C(C(N)=O)OCC1C. The fourth-order valence-electron chi connectivity index (χ4n) is 2.43. The quantitative estimate of drug-likeness (QED) is 0.549. The molecule has 0 fully saturated rings. The molecule has 2 unspecified atom stereocenters. The van der Waals surface area contributed by atoms with Gasteiger partial charge in [0.2, 0.25) is 13.1 Å². The lowest BCUT2D eigenvalue weighted by Gasteiger charge is -2.04. The molecule has 20 heavy (non-hydrogen) atoms. The number of ether oxygens (including phenoxy) is 2. The lowest BCUT2D eigenvalue weighted by Crippen LogP contribution is -2.39. The molecule has 0 aromatic heterocycles. The van der Waals surface area contributed by atoms with Crippen LogP contribution >= 0.6 is 0 Å². The van der Waals surface area contributed by atoms with Gasteiger partial charge in [-0.25, -0.2) is 0 Å². The molecule has 0 saturated heterocycles. The number of primary amides is 2. The third kappa shape index (κ3) is 2.59. The molecule has 2 aliphatic rings. The molecule has 2 amide bonds.